The van der Waals surface area contributed by atoms with Crippen LogP contribution in [0, 0.1) is 13.8 Å². The van der Waals surface area contributed by atoms with Crippen molar-refractivity contribution in [1.29, 1.82) is 0 Å². The lowest BCUT2D eigenvalue weighted by Crippen LogP contribution is -2.54. The van der Waals surface area contributed by atoms with Gasteiger partial charge in [-0.3, -0.25) is 4.90 Å². The van der Waals surface area contributed by atoms with E-state index in [2.05, 4.69) is 16.8 Å². The molecule has 1 atom stereocenters. The summed E-state index contributed by atoms with van der Waals surface area (Å²) in [6.45, 7) is 8.75. The second-order valence-corrected chi connectivity index (χ2v) is 15.1. The summed E-state index contributed by atoms with van der Waals surface area (Å²) in [5.74, 6) is -0.0173. The van der Waals surface area contributed by atoms with Crippen molar-refractivity contribution in [2.24, 2.45) is 0 Å². The van der Waals surface area contributed by atoms with Crippen molar-refractivity contribution in [2.75, 3.05) is 58.6 Å². The number of nitrogens with zero attached hydrogens (tertiary/aromatic N) is 4. The van der Waals surface area contributed by atoms with Crippen LogP contribution in [-0.4, -0.2) is 106 Å². The van der Waals surface area contributed by atoms with Crippen molar-refractivity contribution in [3.05, 3.63) is 28.3 Å². The highest BCUT2D eigenvalue weighted by Gasteiger charge is 2.37. The van der Waals surface area contributed by atoms with Gasteiger partial charge in [-0.2, -0.15) is 8.61 Å². The fourth-order valence-electron chi connectivity index (χ4n) is 5.86. The van der Waals surface area contributed by atoms with E-state index in [0.29, 0.717) is 49.1 Å². The van der Waals surface area contributed by atoms with Gasteiger partial charge in [0.25, 0.3) is 0 Å². The molecule has 0 aliphatic carbocycles. The van der Waals surface area contributed by atoms with Crippen LogP contribution >= 0.6 is 36.4 Å². The molecule has 220 valence electrons. The van der Waals surface area contributed by atoms with E-state index < -0.39 is 20.0 Å². The number of hydrogen-bond donors (Lipinski definition) is 0. The third-order valence-corrected chi connectivity index (χ3v) is 12.6. The summed E-state index contributed by atoms with van der Waals surface area (Å²) in [5, 5.41) is 0.545. The molecule has 0 amide bonds. The molecule has 8 nitrogen and oxygen atoms in total. The summed E-state index contributed by atoms with van der Waals surface area (Å²) in [5.41, 5.74) is 1.33. The number of piperazine rings is 1. The van der Waals surface area contributed by atoms with Gasteiger partial charge in [-0.1, -0.05) is 18.0 Å². The number of halogens is 3. The molecule has 3 fully saturated rings. The highest BCUT2D eigenvalue weighted by molar-refractivity contribution is 7.89. The molecule has 3 aliphatic rings. The molecule has 3 saturated heterocycles. The summed E-state index contributed by atoms with van der Waals surface area (Å²) in [6.07, 6.45) is 4.98. The lowest BCUT2D eigenvalue weighted by atomic mass is 10.0. The van der Waals surface area contributed by atoms with Crippen molar-refractivity contribution in [3.63, 3.8) is 0 Å². The highest BCUT2D eigenvalue weighted by Crippen LogP contribution is 2.31. The quantitative estimate of drug-likeness (QED) is 0.455. The van der Waals surface area contributed by atoms with Crippen LogP contribution in [0.25, 0.3) is 0 Å². The van der Waals surface area contributed by atoms with Crippen LogP contribution in [0.2, 0.25) is 5.02 Å². The van der Waals surface area contributed by atoms with Crippen LogP contribution in [0.5, 0.6) is 0 Å². The standard InChI is InChI=1S/C25H41ClN4O4S2.2ClH/c1-20-19-25(21(2)18-24(20)26)36(33,34)30-10-5-4-6-23(30)9-17-35(31,32)29-15-13-28(14-16-29)22-7-11-27(3)12-8-22;;/h18-19,22-23H,4-17H2,1-3H3;2*1H. The molecule has 3 heterocycles. The van der Waals surface area contributed by atoms with E-state index in [1.807, 2.05) is 0 Å². The lowest BCUT2D eigenvalue weighted by molar-refractivity contribution is 0.0892. The fourth-order valence-corrected chi connectivity index (χ4v) is 9.64. The third-order valence-electron chi connectivity index (χ3n) is 8.20. The Morgan fingerprint density at radius 1 is 0.842 bits per heavy atom. The van der Waals surface area contributed by atoms with Crippen molar-refractivity contribution in [2.45, 2.75) is 69.4 Å². The van der Waals surface area contributed by atoms with E-state index in [-0.39, 0.29) is 41.5 Å². The first kappa shape index (κ1) is 34.0. The summed E-state index contributed by atoms with van der Waals surface area (Å²) >= 11 is 6.20. The molecule has 1 aromatic rings. The van der Waals surface area contributed by atoms with E-state index in [1.54, 1.807) is 34.6 Å². The van der Waals surface area contributed by atoms with Crippen LogP contribution in [0.3, 0.4) is 0 Å². The molecule has 0 N–H and O–H groups in total. The average Bonchev–Trinajstić information content (AvgIpc) is 2.85. The number of piperidine rings is 2. The van der Waals surface area contributed by atoms with E-state index >= 15 is 0 Å². The van der Waals surface area contributed by atoms with Crippen LogP contribution in [0.4, 0.5) is 0 Å². The molecular weight excluding hydrogens is 591 g/mol. The van der Waals surface area contributed by atoms with Gasteiger partial charge in [0.15, 0.2) is 0 Å². The number of sulfonamides is 2. The minimum atomic E-state index is -3.74. The van der Waals surface area contributed by atoms with Gasteiger partial charge in [0, 0.05) is 49.8 Å². The van der Waals surface area contributed by atoms with Gasteiger partial charge < -0.3 is 4.90 Å². The van der Waals surface area contributed by atoms with Crippen molar-refractivity contribution in [3.8, 4) is 0 Å². The van der Waals surface area contributed by atoms with Gasteiger partial charge in [0.2, 0.25) is 20.0 Å². The Labute approximate surface area is 247 Å². The SMILES string of the molecule is Cc1cc(S(=O)(=O)N2CCCCC2CCS(=O)(=O)N2CCN(C3CCN(C)CC3)CC2)c(C)cc1Cl.Cl.Cl. The maximum atomic E-state index is 13.6. The normalized spacial score (nSPS) is 23.5. The molecule has 1 aromatic carbocycles. The summed E-state index contributed by atoms with van der Waals surface area (Å²) in [6, 6.07) is 3.57. The van der Waals surface area contributed by atoms with Gasteiger partial charge in [-0.25, -0.2) is 16.8 Å². The zero-order chi connectivity index (χ0) is 26.1. The van der Waals surface area contributed by atoms with Crippen molar-refractivity contribution < 1.29 is 16.8 Å². The second kappa shape index (κ2) is 14.1. The largest absolute Gasteiger partial charge is 0.306 e. The van der Waals surface area contributed by atoms with Gasteiger partial charge in [-0.05, 0) is 89.3 Å². The molecule has 0 spiro atoms. The Morgan fingerprint density at radius 2 is 1.47 bits per heavy atom. The monoisotopic (exact) mass is 632 g/mol. The molecule has 0 saturated carbocycles. The molecule has 1 unspecified atom stereocenters. The smallest absolute Gasteiger partial charge is 0.243 e. The van der Waals surface area contributed by atoms with Gasteiger partial charge >= 0.3 is 0 Å². The van der Waals surface area contributed by atoms with Crippen LogP contribution in [0.15, 0.2) is 17.0 Å². The Balaban J connectivity index is 0.00000253. The number of hydrogen-bond acceptors (Lipinski definition) is 6. The molecule has 13 heteroatoms. The first-order chi connectivity index (χ1) is 17.0. The topological polar surface area (TPSA) is 81.2 Å². The van der Waals surface area contributed by atoms with E-state index in [9.17, 15) is 16.8 Å². The number of benzene rings is 1. The lowest BCUT2D eigenvalue weighted by Gasteiger charge is -2.42. The van der Waals surface area contributed by atoms with Crippen molar-refractivity contribution >= 4 is 56.5 Å². The number of aryl methyl sites for hydroxylation is 2. The minimum absolute atomic E-state index is 0. The van der Waals surface area contributed by atoms with Gasteiger partial charge in [0.1, 0.15) is 0 Å². The highest BCUT2D eigenvalue weighted by atomic mass is 35.5. The Bertz CT molecular complexity index is 1140. The first-order valence-corrected chi connectivity index (χ1v) is 16.6. The van der Waals surface area contributed by atoms with Crippen LogP contribution < -0.4 is 0 Å². The predicted octanol–water partition coefficient (Wildman–Crippen LogP) is 3.78. The summed E-state index contributed by atoms with van der Waals surface area (Å²) in [4.78, 5) is 5.07. The fraction of sp³-hybridized carbons (Fsp3) is 0.760. The molecule has 0 radical (unpaired) electrons. The number of rotatable bonds is 7. The van der Waals surface area contributed by atoms with E-state index in [4.69, 9.17) is 11.6 Å². The molecular formula is C25H43Cl3N4O4S2. The predicted molar refractivity (Wildman–Crippen MR) is 159 cm³/mol. The van der Waals surface area contributed by atoms with Gasteiger partial charge in [-0.15, -0.1) is 24.8 Å². The summed E-state index contributed by atoms with van der Waals surface area (Å²) < 4.78 is 56.9. The summed E-state index contributed by atoms with van der Waals surface area (Å²) in [7, 11) is -5.03. The maximum absolute atomic E-state index is 13.6. The minimum Gasteiger partial charge on any atom is -0.306 e. The van der Waals surface area contributed by atoms with Gasteiger partial charge in [0.05, 0.1) is 10.6 Å². The van der Waals surface area contributed by atoms with Crippen LogP contribution in [0.1, 0.15) is 49.7 Å². The van der Waals surface area contributed by atoms with E-state index in [0.717, 1.165) is 57.4 Å². The molecule has 0 aromatic heterocycles. The Kier molecular flexibility index (Phi) is 12.7. The maximum Gasteiger partial charge on any atom is 0.243 e. The van der Waals surface area contributed by atoms with E-state index in [1.165, 1.54) is 0 Å². The Hall–Kier alpha value is -0.170. The Morgan fingerprint density at radius 3 is 2.11 bits per heavy atom. The third kappa shape index (κ3) is 7.76. The molecule has 38 heavy (non-hydrogen) atoms. The average molecular weight is 634 g/mol. The molecule has 0 bridgehead atoms. The second-order valence-electron chi connectivity index (χ2n) is 10.7. The number of likely N-dealkylation sites (tertiary alicyclic amines) is 1. The molecule has 4 rings (SSSR count). The first-order valence-electron chi connectivity index (χ1n) is 13.2. The zero-order valence-electron chi connectivity index (χ0n) is 22.6. The molecule has 3 aliphatic heterocycles. The van der Waals surface area contributed by atoms with Crippen LogP contribution in [-0.2, 0) is 20.0 Å². The zero-order valence-corrected chi connectivity index (χ0v) is 26.7. The van der Waals surface area contributed by atoms with Crippen molar-refractivity contribution in [1.82, 2.24) is 18.4 Å².